The zero-order chi connectivity index (χ0) is 15.7. The molecule has 122 valence electrons. The van der Waals surface area contributed by atoms with Crippen molar-refractivity contribution in [1.82, 2.24) is 0 Å². The van der Waals surface area contributed by atoms with Crippen molar-refractivity contribution in [2.24, 2.45) is 11.5 Å². The van der Waals surface area contributed by atoms with Crippen molar-refractivity contribution in [3.8, 4) is 0 Å². The van der Waals surface area contributed by atoms with E-state index >= 15 is 0 Å². The predicted molar refractivity (Wildman–Crippen MR) is 64.3 cm³/mol. The zero-order valence-electron chi connectivity index (χ0n) is 10.4. The second kappa shape index (κ2) is 6.80. The molecule has 0 radical (unpaired) electrons. The van der Waals surface area contributed by atoms with Gasteiger partial charge in [-0.15, -0.1) is 12.4 Å². The summed E-state index contributed by atoms with van der Waals surface area (Å²) < 4.78 is 89.2. The summed E-state index contributed by atoms with van der Waals surface area (Å²) in [7, 11) is 0. The molecule has 0 spiro atoms. The van der Waals surface area contributed by atoms with Gasteiger partial charge in [-0.05, 0) is 25.1 Å². The molecule has 0 aliphatic carbocycles. The molecule has 1 aromatic rings. The van der Waals surface area contributed by atoms with Gasteiger partial charge in [0.15, 0.2) is 0 Å². The van der Waals surface area contributed by atoms with Gasteiger partial charge >= 0.3 is 12.4 Å². The molecule has 0 aliphatic rings. The highest BCUT2D eigenvalue weighted by molar-refractivity contribution is 5.85. The Morgan fingerprint density at radius 2 is 1.52 bits per heavy atom. The third-order valence-electron chi connectivity index (χ3n) is 2.61. The molecule has 0 aliphatic heterocycles. The van der Waals surface area contributed by atoms with Gasteiger partial charge in [-0.2, -0.15) is 26.3 Å². The van der Waals surface area contributed by atoms with Crippen LogP contribution in [0, 0.1) is 5.82 Å². The Kier molecular flexibility index (Phi) is 6.46. The van der Waals surface area contributed by atoms with Crippen LogP contribution in [-0.2, 0) is 12.4 Å². The highest BCUT2D eigenvalue weighted by atomic mass is 35.5. The van der Waals surface area contributed by atoms with E-state index in [9.17, 15) is 30.7 Å². The average molecular weight is 341 g/mol. The number of halogens is 8. The third-order valence-corrected chi connectivity index (χ3v) is 2.61. The maximum Gasteiger partial charge on any atom is 0.416 e. The minimum Gasteiger partial charge on any atom is -0.330 e. The van der Waals surface area contributed by atoms with Gasteiger partial charge < -0.3 is 11.5 Å². The Morgan fingerprint density at radius 1 is 1.00 bits per heavy atom. The molecule has 2 nitrogen and oxygen atoms in total. The van der Waals surface area contributed by atoms with E-state index in [1.807, 2.05) is 0 Å². The molecule has 4 N–H and O–H groups in total. The van der Waals surface area contributed by atoms with Crippen molar-refractivity contribution in [3.63, 3.8) is 0 Å². The van der Waals surface area contributed by atoms with E-state index in [-0.39, 0.29) is 37.5 Å². The first kappa shape index (κ1) is 19.9. The first-order valence-electron chi connectivity index (χ1n) is 5.42. The molecule has 0 heterocycles. The van der Waals surface area contributed by atoms with Crippen molar-refractivity contribution in [3.05, 3.63) is 34.6 Å². The van der Waals surface area contributed by atoms with Crippen LogP contribution in [0.3, 0.4) is 0 Å². The van der Waals surface area contributed by atoms with Crippen molar-refractivity contribution in [2.45, 2.75) is 24.8 Å². The smallest absolute Gasteiger partial charge is 0.330 e. The fourth-order valence-electron chi connectivity index (χ4n) is 1.72. The van der Waals surface area contributed by atoms with Crippen molar-refractivity contribution < 1.29 is 30.7 Å². The Balaban J connectivity index is 0.00000400. The average Bonchev–Trinajstić information content (AvgIpc) is 2.25. The Morgan fingerprint density at radius 3 is 1.90 bits per heavy atom. The molecular weight excluding hydrogens is 329 g/mol. The molecule has 0 amide bonds. The number of hydrogen-bond acceptors (Lipinski definition) is 2. The Labute approximate surface area is 121 Å². The number of alkyl halides is 6. The predicted octanol–water partition coefficient (Wildman–Crippen LogP) is 3.63. The molecule has 0 unspecified atom stereocenters. The lowest BCUT2D eigenvalue weighted by Gasteiger charge is -2.20. The summed E-state index contributed by atoms with van der Waals surface area (Å²) >= 11 is 0. The van der Waals surface area contributed by atoms with Gasteiger partial charge in [-0.1, -0.05) is 0 Å². The van der Waals surface area contributed by atoms with Crippen LogP contribution in [0.2, 0.25) is 0 Å². The maximum absolute atomic E-state index is 13.6. The van der Waals surface area contributed by atoms with Crippen LogP contribution < -0.4 is 11.5 Å². The third kappa shape index (κ3) is 4.72. The quantitative estimate of drug-likeness (QED) is 0.826. The Bertz CT molecular complexity index is 485. The lowest BCUT2D eigenvalue weighted by molar-refractivity contribution is -0.144. The fourth-order valence-corrected chi connectivity index (χ4v) is 1.72. The number of rotatable bonds is 3. The summed E-state index contributed by atoms with van der Waals surface area (Å²) in [6, 6.07) is -1.57. The summed E-state index contributed by atoms with van der Waals surface area (Å²) in [4.78, 5) is 0. The monoisotopic (exact) mass is 340 g/mol. The summed E-state index contributed by atoms with van der Waals surface area (Å²) in [5.41, 5.74) is 6.02. The van der Waals surface area contributed by atoms with Crippen LogP contribution >= 0.6 is 12.4 Å². The first-order valence-corrected chi connectivity index (χ1v) is 5.42. The van der Waals surface area contributed by atoms with Gasteiger partial charge in [-0.3, -0.25) is 0 Å². The van der Waals surface area contributed by atoms with Gasteiger partial charge in [0, 0.05) is 11.6 Å². The lowest BCUT2D eigenvalue weighted by atomic mass is 9.95. The van der Waals surface area contributed by atoms with E-state index in [1.54, 1.807) is 0 Å². The highest BCUT2D eigenvalue weighted by Gasteiger charge is 2.40. The fraction of sp³-hybridized carbons (Fsp3) is 0.455. The van der Waals surface area contributed by atoms with E-state index in [0.717, 1.165) is 0 Å². The minimum atomic E-state index is -5.15. The second-order valence-electron chi connectivity index (χ2n) is 4.10. The van der Waals surface area contributed by atoms with E-state index < -0.39 is 40.9 Å². The molecule has 21 heavy (non-hydrogen) atoms. The van der Waals surface area contributed by atoms with E-state index in [0.29, 0.717) is 0 Å². The molecule has 10 heteroatoms. The zero-order valence-corrected chi connectivity index (χ0v) is 11.2. The van der Waals surface area contributed by atoms with Crippen LogP contribution in [-0.4, -0.2) is 6.54 Å². The normalized spacial score (nSPS) is 13.8. The number of nitrogens with two attached hydrogens (primary N) is 2. The molecule has 0 fully saturated rings. The first-order chi connectivity index (χ1) is 8.98. The van der Waals surface area contributed by atoms with Gasteiger partial charge in [0.05, 0.1) is 11.1 Å². The van der Waals surface area contributed by atoms with E-state index in [1.165, 1.54) is 0 Å². The maximum atomic E-state index is 13.6. The van der Waals surface area contributed by atoms with Crippen LogP contribution in [0.25, 0.3) is 0 Å². The van der Waals surface area contributed by atoms with Crippen molar-refractivity contribution in [1.29, 1.82) is 0 Å². The Hall–Kier alpha value is -1.06. The van der Waals surface area contributed by atoms with Gasteiger partial charge in [0.2, 0.25) is 0 Å². The summed E-state index contributed by atoms with van der Waals surface area (Å²) in [6.45, 7) is -0.126. The van der Waals surface area contributed by atoms with Gasteiger partial charge in [0.25, 0.3) is 0 Å². The molecule has 0 saturated carbocycles. The number of hydrogen-bond donors (Lipinski definition) is 2. The van der Waals surface area contributed by atoms with E-state index in [2.05, 4.69) is 0 Å². The van der Waals surface area contributed by atoms with Crippen LogP contribution in [0.5, 0.6) is 0 Å². The minimum absolute atomic E-state index is 0. The summed E-state index contributed by atoms with van der Waals surface area (Å²) in [6.07, 6.45) is -10.4. The standard InChI is InChI=1S/C11H11F7N2.ClH/c12-7-4-5(10(13,14)15)3-6(11(16,17)18)9(7)8(20)1-2-19;/h3-4,8H,1-2,19-20H2;1H/t8-;/m1./s1. The lowest BCUT2D eigenvalue weighted by Crippen LogP contribution is -2.23. The summed E-state index contributed by atoms with van der Waals surface area (Å²) in [5.74, 6) is -1.65. The highest BCUT2D eigenvalue weighted by Crippen LogP contribution is 2.40. The molecule has 1 aromatic carbocycles. The molecule has 1 atom stereocenters. The van der Waals surface area contributed by atoms with E-state index in [4.69, 9.17) is 11.5 Å². The van der Waals surface area contributed by atoms with Crippen molar-refractivity contribution >= 4 is 12.4 Å². The van der Waals surface area contributed by atoms with Crippen LogP contribution in [0.1, 0.15) is 29.2 Å². The molecule has 0 saturated heterocycles. The van der Waals surface area contributed by atoms with Crippen LogP contribution in [0.15, 0.2) is 12.1 Å². The largest absolute Gasteiger partial charge is 0.416 e. The van der Waals surface area contributed by atoms with Gasteiger partial charge in [0.1, 0.15) is 5.82 Å². The molecule has 0 aromatic heterocycles. The molecule has 0 bridgehead atoms. The molecular formula is C11H12ClF7N2. The topological polar surface area (TPSA) is 52.0 Å². The number of benzene rings is 1. The van der Waals surface area contributed by atoms with Crippen LogP contribution in [0.4, 0.5) is 30.7 Å². The molecule has 1 rings (SSSR count). The SMILES string of the molecule is Cl.NCC[C@@H](N)c1c(F)cc(C(F)(F)F)cc1C(F)(F)F. The second-order valence-corrected chi connectivity index (χ2v) is 4.10. The summed E-state index contributed by atoms with van der Waals surface area (Å²) in [5, 5.41) is 0. The van der Waals surface area contributed by atoms with Crippen molar-refractivity contribution in [2.75, 3.05) is 6.54 Å². The van der Waals surface area contributed by atoms with Gasteiger partial charge in [-0.25, -0.2) is 4.39 Å².